The lowest BCUT2D eigenvalue weighted by Crippen LogP contribution is -2.35. The van der Waals surface area contributed by atoms with Crippen molar-refractivity contribution in [3.8, 4) is 11.3 Å². The number of thiophene rings is 1. The molecule has 0 spiro atoms. The Hall–Kier alpha value is -2.71. The minimum atomic E-state index is -0.124. The summed E-state index contributed by atoms with van der Waals surface area (Å²) in [5.41, 5.74) is 4.36. The van der Waals surface area contributed by atoms with E-state index in [9.17, 15) is 4.79 Å². The van der Waals surface area contributed by atoms with Crippen molar-refractivity contribution in [1.82, 2.24) is 14.8 Å². The predicted molar refractivity (Wildman–Crippen MR) is 111 cm³/mol. The molecule has 0 bridgehead atoms. The van der Waals surface area contributed by atoms with Gasteiger partial charge in [0.05, 0.1) is 40.9 Å². The number of nitrogens with one attached hydrogen (secondary N) is 1. The molecule has 0 aromatic carbocycles. The Kier molecular flexibility index (Phi) is 5.15. The van der Waals surface area contributed by atoms with Crippen LogP contribution in [0, 0.1) is 13.8 Å². The van der Waals surface area contributed by atoms with Gasteiger partial charge in [-0.2, -0.15) is 5.10 Å². The molecule has 146 valence electrons. The molecule has 0 radical (unpaired) electrons. The standard InChI is InChI=1S/C20H23N5O2S/c1-13-18(14(2)24(3)23-13)22-19(26)17-12-15(16-6-4-5-7-21-16)20(28-17)25-8-10-27-11-9-25/h4-7,12H,8-11H2,1-3H3,(H,22,26). The van der Waals surface area contributed by atoms with E-state index >= 15 is 0 Å². The van der Waals surface area contributed by atoms with Crippen molar-refractivity contribution >= 4 is 27.9 Å². The summed E-state index contributed by atoms with van der Waals surface area (Å²) in [7, 11) is 1.87. The number of carbonyl (C=O) groups is 1. The van der Waals surface area contributed by atoms with Crippen LogP contribution in [0.5, 0.6) is 0 Å². The fourth-order valence-electron chi connectivity index (χ4n) is 3.33. The highest BCUT2D eigenvalue weighted by Crippen LogP contribution is 2.39. The molecule has 1 fully saturated rings. The molecule has 0 atom stereocenters. The Bertz CT molecular complexity index is 990. The summed E-state index contributed by atoms with van der Waals surface area (Å²) in [4.78, 5) is 20.4. The maximum absolute atomic E-state index is 13.0. The van der Waals surface area contributed by atoms with Crippen LogP contribution < -0.4 is 10.2 Å². The second kappa shape index (κ2) is 7.73. The van der Waals surface area contributed by atoms with Gasteiger partial charge in [0, 0.05) is 31.9 Å². The minimum absolute atomic E-state index is 0.124. The number of aromatic nitrogens is 3. The molecule has 0 aliphatic carbocycles. The summed E-state index contributed by atoms with van der Waals surface area (Å²) >= 11 is 1.50. The van der Waals surface area contributed by atoms with Crippen molar-refractivity contribution in [2.24, 2.45) is 7.05 Å². The lowest BCUT2D eigenvalue weighted by Gasteiger charge is -2.28. The number of carbonyl (C=O) groups excluding carboxylic acids is 1. The van der Waals surface area contributed by atoms with Crippen molar-refractivity contribution in [3.63, 3.8) is 0 Å². The van der Waals surface area contributed by atoms with Gasteiger partial charge in [-0.3, -0.25) is 14.5 Å². The van der Waals surface area contributed by atoms with Crippen molar-refractivity contribution in [3.05, 3.63) is 46.7 Å². The van der Waals surface area contributed by atoms with E-state index in [0.29, 0.717) is 18.1 Å². The fraction of sp³-hybridized carbons (Fsp3) is 0.350. The van der Waals surface area contributed by atoms with Gasteiger partial charge in [0.25, 0.3) is 5.91 Å². The van der Waals surface area contributed by atoms with Crippen LogP contribution in [0.4, 0.5) is 10.7 Å². The van der Waals surface area contributed by atoms with Crippen LogP contribution in [0.1, 0.15) is 21.1 Å². The highest BCUT2D eigenvalue weighted by atomic mass is 32.1. The van der Waals surface area contributed by atoms with Gasteiger partial charge in [-0.25, -0.2) is 0 Å². The molecular weight excluding hydrogens is 374 g/mol. The van der Waals surface area contributed by atoms with Gasteiger partial charge in [-0.05, 0) is 32.0 Å². The van der Waals surface area contributed by atoms with E-state index in [0.717, 1.165) is 46.4 Å². The maximum Gasteiger partial charge on any atom is 0.265 e. The predicted octanol–water partition coefficient (Wildman–Crippen LogP) is 3.25. The third kappa shape index (κ3) is 3.53. The topological polar surface area (TPSA) is 72.3 Å². The van der Waals surface area contributed by atoms with E-state index in [1.807, 2.05) is 45.2 Å². The Morgan fingerprint density at radius 2 is 2.04 bits per heavy atom. The smallest absolute Gasteiger partial charge is 0.265 e. The second-order valence-corrected chi connectivity index (χ2v) is 7.80. The van der Waals surface area contributed by atoms with Gasteiger partial charge in [-0.15, -0.1) is 11.3 Å². The third-order valence-electron chi connectivity index (χ3n) is 4.92. The van der Waals surface area contributed by atoms with Crippen molar-refractivity contribution in [2.75, 3.05) is 36.5 Å². The normalized spacial score (nSPS) is 14.3. The largest absolute Gasteiger partial charge is 0.378 e. The average Bonchev–Trinajstić information content (AvgIpc) is 3.27. The van der Waals surface area contributed by atoms with Crippen molar-refractivity contribution < 1.29 is 9.53 Å². The lowest BCUT2D eigenvalue weighted by atomic mass is 10.1. The lowest BCUT2D eigenvalue weighted by molar-refractivity contribution is 0.103. The molecule has 1 N–H and O–H groups in total. The summed E-state index contributed by atoms with van der Waals surface area (Å²) in [6, 6.07) is 7.77. The number of hydrogen-bond acceptors (Lipinski definition) is 6. The molecule has 3 aromatic heterocycles. The van der Waals surface area contributed by atoms with Crippen LogP contribution in [-0.2, 0) is 11.8 Å². The molecule has 4 rings (SSSR count). The number of amides is 1. The summed E-state index contributed by atoms with van der Waals surface area (Å²) in [6.07, 6.45) is 1.78. The first-order chi connectivity index (χ1) is 13.5. The molecule has 0 saturated carbocycles. The van der Waals surface area contributed by atoms with Gasteiger partial charge in [0.2, 0.25) is 0 Å². The summed E-state index contributed by atoms with van der Waals surface area (Å²) in [5, 5.41) is 8.47. The quantitative estimate of drug-likeness (QED) is 0.732. The number of anilines is 2. The number of ether oxygens (including phenoxy) is 1. The highest BCUT2D eigenvalue weighted by molar-refractivity contribution is 7.18. The van der Waals surface area contributed by atoms with E-state index in [1.54, 1.807) is 10.9 Å². The Morgan fingerprint density at radius 1 is 1.25 bits per heavy atom. The summed E-state index contributed by atoms with van der Waals surface area (Å²) in [5.74, 6) is -0.124. The molecule has 1 saturated heterocycles. The average molecular weight is 398 g/mol. The van der Waals surface area contributed by atoms with Gasteiger partial charge in [-0.1, -0.05) is 6.07 Å². The van der Waals surface area contributed by atoms with Crippen LogP contribution in [0.25, 0.3) is 11.3 Å². The molecule has 1 aliphatic rings. The van der Waals surface area contributed by atoms with Gasteiger partial charge in [0.15, 0.2) is 0 Å². The number of rotatable bonds is 4. The van der Waals surface area contributed by atoms with E-state index < -0.39 is 0 Å². The zero-order valence-electron chi connectivity index (χ0n) is 16.2. The Labute approximate surface area is 168 Å². The molecule has 8 heteroatoms. The minimum Gasteiger partial charge on any atom is -0.378 e. The molecular formula is C20H23N5O2S. The monoisotopic (exact) mass is 397 g/mol. The molecule has 0 unspecified atom stereocenters. The van der Waals surface area contributed by atoms with Crippen molar-refractivity contribution in [1.29, 1.82) is 0 Å². The second-order valence-electron chi connectivity index (χ2n) is 6.77. The van der Waals surface area contributed by atoms with Gasteiger partial charge >= 0.3 is 0 Å². The molecule has 4 heterocycles. The van der Waals surface area contributed by atoms with E-state index in [-0.39, 0.29) is 5.91 Å². The van der Waals surface area contributed by atoms with Crippen LogP contribution in [0.3, 0.4) is 0 Å². The van der Waals surface area contributed by atoms with E-state index in [4.69, 9.17) is 4.74 Å². The van der Waals surface area contributed by atoms with Crippen molar-refractivity contribution in [2.45, 2.75) is 13.8 Å². The molecule has 1 amide bonds. The number of nitrogens with zero attached hydrogens (tertiary/aromatic N) is 4. The van der Waals surface area contributed by atoms with Gasteiger partial charge in [0.1, 0.15) is 5.00 Å². The Morgan fingerprint density at radius 3 is 2.68 bits per heavy atom. The maximum atomic E-state index is 13.0. The third-order valence-corrected chi connectivity index (χ3v) is 6.12. The zero-order valence-corrected chi connectivity index (χ0v) is 17.0. The fourth-order valence-corrected chi connectivity index (χ4v) is 4.44. The SMILES string of the molecule is Cc1nn(C)c(C)c1NC(=O)c1cc(-c2ccccn2)c(N2CCOCC2)s1. The molecule has 28 heavy (non-hydrogen) atoms. The van der Waals surface area contributed by atoms with Crippen LogP contribution in [-0.4, -0.2) is 47.0 Å². The van der Waals surface area contributed by atoms with Gasteiger partial charge < -0.3 is 15.0 Å². The molecule has 3 aromatic rings. The van der Waals surface area contributed by atoms with E-state index in [2.05, 4.69) is 20.3 Å². The first kappa shape index (κ1) is 18.6. The first-order valence-corrected chi connectivity index (χ1v) is 10.1. The highest BCUT2D eigenvalue weighted by Gasteiger charge is 2.23. The number of hydrogen-bond donors (Lipinski definition) is 1. The number of morpholine rings is 1. The molecule has 1 aliphatic heterocycles. The summed E-state index contributed by atoms with van der Waals surface area (Å²) in [6.45, 7) is 6.84. The van der Waals surface area contributed by atoms with Crippen LogP contribution in [0.15, 0.2) is 30.5 Å². The zero-order chi connectivity index (χ0) is 19.7. The van der Waals surface area contributed by atoms with E-state index in [1.165, 1.54) is 11.3 Å². The van der Waals surface area contributed by atoms with Crippen LogP contribution >= 0.6 is 11.3 Å². The van der Waals surface area contributed by atoms with Crippen LogP contribution in [0.2, 0.25) is 0 Å². The number of aryl methyl sites for hydroxylation is 2. The molecule has 7 nitrogen and oxygen atoms in total. The number of pyridine rings is 1. The Balaban J connectivity index is 1.69. The first-order valence-electron chi connectivity index (χ1n) is 9.24. The summed E-state index contributed by atoms with van der Waals surface area (Å²) < 4.78 is 7.26.